The van der Waals surface area contributed by atoms with Gasteiger partial charge in [0, 0.05) is 29.6 Å². The first kappa shape index (κ1) is 20.0. The fraction of sp³-hybridized carbons (Fsp3) is 0.333. The van der Waals surface area contributed by atoms with Gasteiger partial charge in [-0.1, -0.05) is 0 Å². The van der Waals surface area contributed by atoms with E-state index in [1.54, 1.807) is 21.3 Å². The molecule has 1 heterocycles. The van der Waals surface area contributed by atoms with Gasteiger partial charge in [0.15, 0.2) is 17.3 Å². The Labute approximate surface area is 176 Å². The number of aryl methyl sites for hydroxylation is 3. The molecule has 30 heavy (non-hydrogen) atoms. The molecule has 0 saturated heterocycles. The lowest BCUT2D eigenvalue weighted by molar-refractivity contribution is 0.0972. The van der Waals surface area contributed by atoms with Crippen LogP contribution < -0.4 is 19.5 Å². The lowest BCUT2D eigenvalue weighted by Crippen LogP contribution is -2.16. The zero-order valence-electron chi connectivity index (χ0n) is 18.0. The Hall–Kier alpha value is -3.28. The monoisotopic (exact) mass is 406 g/mol. The van der Waals surface area contributed by atoms with Gasteiger partial charge in [-0.05, 0) is 49.9 Å². The second-order valence-corrected chi connectivity index (χ2v) is 7.58. The van der Waals surface area contributed by atoms with E-state index in [9.17, 15) is 4.79 Å². The van der Waals surface area contributed by atoms with E-state index in [-0.39, 0.29) is 5.78 Å². The quantitative estimate of drug-likeness (QED) is 0.633. The van der Waals surface area contributed by atoms with Crippen LogP contribution in [0.3, 0.4) is 0 Å². The van der Waals surface area contributed by atoms with Gasteiger partial charge in [-0.3, -0.25) is 9.78 Å². The maximum Gasteiger partial charge on any atom is 0.203 e. The number of pyridine rings is 1. The molecule has 0 atom stereocenters. The van der Waals surface area contributed by atoms with Gasteiger partial charge >= 0.3 is 0 Å². The Kier molecular flexibility index (Phi) is 5.24. The van der Waals surface area contributed by atoms with Crippen molar-refractivity contribution in [2.75, 3.05) is 26.6 Å². The molecule has 156 valence electrons. The molecule has 6 nitrogen and oxygen atoms in total. The summed E-state index contributed by atoms with van der Waals surface area (Å²) in [7, 11) is 4.74. The predicted octanol–water partition coefficient (Wildman–Crippen LogP) is 5.14. The highest BCUT2D eigenvalue weighted by molar-refractivity contribution is 6.11. The van der Waals surface area contributed by atoms with Gasteiger partial charge in [-0.15, -0.1) is 0 Å². The predicted molar refractivity (Wildman–Crippen MR) is 118 cm³/mol. The average molecular weight is 406 g/mol. The number of ether oxygens (including phenoxy) is 3. The second-order valence-electron chi connectivity index (χ2n) is 7.58. The number of anilines is 2. The summed E-state index contributed by atoms with van der Waals surface area (Å²) in [5.41, 5.74) is 6.30. The maximum absolute atomic E-state index is 12.9. The third-order valence-corrected chi connectivity index (χ3v) is 5.71. The SMILES string of the molecule is COc1cc(Nc2c3c(nc4cc(C)c(C)cc24)CCCC3=O)cc(OC)c1OC. The number of hydrogen-bond acceptors (Lipinski definition) is 6. The van der Waals surface area contributed by atoms with Crippen molar-refractivity contribution < 1.29 is 19.0 Å². The summed E-state index contributed by atoms with van der Waals surface area (Å²) in [6.45, 7) is 4.15. The van der Waals surface area contributed by atoms with Crippen LogP contribution >= 0.6 is 0 Å². The summed E-state index contributed by atoms with van der Waals surface area (Å²) < 4.78 is 16.4. The van der Waals surface area contributed by atoms with E-state index < -0.39 is 0 Å². The third kappa shape index (κ3) is 3.32. The van der Waals surface area contributed by atoms with Crippen molar-refractivity contribution in [2.45, 2.75) is 33.1 Å². The average Bonchev–Trinajstić information content (AvgIpc) is 2.74. The standard InChI is InChI=1S/C24H26N2O4/c1-13-9-16-18(10-14(13)2)26-17-7-6-8-19(27)22(17)23(16)25-15-11-20(28-3)24(30-5)21(12-15)29-4/h9-12H,6-8H2,1-5H3,(H,25,26). The molecule has 0 spiro atoms. The van der Waals surface area contributed by atoms with Crippen LogP contribution in [0.1, 0.15) is 40.0 Å². The molecular weight excluding hydrogens is 380 g/mol. The number of carbonyl (C=O) groups is 1. The summed E-state index contributed by atoms with van der Waals surface area (Å²) in [5.74, 6) is 1.74. The zero-order chi connectivity index (χ0) is 21.4. The Morgan fingerprint density at radius 2 is 1.57 bits per heavy atom. The fourth-order valence-corrected chi connectivity index (χ4v) is 4.02. The topological polar surface area (TPSA) is 69.7 Å². The van der Waals surface area contributed by atoms with Crippen LogP contribution in [-0.4, -0.2) is 32.1 Å². The third-order valence-electron chi connectivity index (χ3n) is 5.71. The van der Waals surface area contributed by atoms with Crippen molar-refractivity contribution in [2.24, 2.45) is 0 Å². The van der Waals surface area contributed by atoms with Crippen LogP contribution in [0.5, 0.6) is 17.2 Å². The molecular formula is C24H26N2O4. The smallest absolute Gasteiger partial charge is 0.203 e. The van der Waals surface area contributed by atoms with Crippen molar-refractivity contribution in [3.05, 3.63) is 46.6 Å². The van der Waals surface area contributed by atoms with E-state index in [0.717, 1.165) is 46.4 Å². The van der Waals surface area contributed by atoms with Crippen LogP contribution in [0.15, 0.2) is 24.3 Å². The number of Topliss-reactive ketones (excluding diaryl/α,β-unsaturated/α-hetero) is 1. The number of fused-ring (bicyclic) bond motifs is 2. The molecule has 2 aromatic carbocycles. The minimum absolute atomic E-state index is 0.124. The highest BCUT2D eigenvalue weighted by Crippen LogP contribution is 2.42. The zero-order valence-corrected chi connectivity index (χ0v) is 18.0. The number of rotatable bonds is 5. The maximum atomic E-state index is 12.9. The Morgan fingerprint density at radius 1 is 0.900 bits per heavy atom. The van der Waals surface area contributed by atoms with E-state index in [1.807, 2.05) is 12.1 Å². The van der Waals surface area contributed by atoms with Crippen molar-refractivity contribution in [3.8, 4) is 17.2 Å². The number of nitrogens with one attached hydrogen (secondary N) is 1. The van der Waals surface area contributed by atoms with Gasteiger partial charge in [0.2, 0.25) is 5.75 Å². The van der Waals surface area contributed by atoms with Crippen molar-refractivity contribution in [1.82, 2.24) is 4.98 Å². The first-order valence-electron chi connectivity index (χ1n) is 10.0. The Balaban J connectivity index is 1.95. The van der Waals surface area contributed by atoms with Crippen molar-refractivity contribution in [3.63, 3.8) is 0 Å². The van der Waals surface area contributed by atoms with Gasteiger partial charge in [-0.25, -0.2) is 0 Å². The summed E-state index contributed by atoms with van der Waals surface area (Å²) >= 11 is 0. The van der Waals surface area contributed by atoms with Crippen LogP contribution in [0.25, 0.3) is 10.9 Å². The molecule has 3 aromatic rings. The highest BCUT2D eigenvalue weighted by atomic mass is 16.5. The van der Waals surface area contributed by atoms with Crippen LogP contribution in [-0.2, 0) is 6.42 Å². The van der Waals surface area contributed by atoms with E-state index in [2.05, 4.69) is 31.3 Å². The number of methoxy groups -OCH3 is 3. The van der Waals surface area contributed by atoms with Crippen LogP contribution in [0.4, 0.5) is 11.4 Å². The van der Waals surface area contributed by atoms with E-state index in [1.165, 1.54) is 5.56 Å². The minimum atomic E-state index is 0.124. The molecule has 0 aliphatic heterocycles. The Morgan fingerprint density at radius 3 is 2.20 bits per heavy atom. The second kappa shape index (κ2) is 7.86. The Bertz CT molecular complexity index is 1130. The lowest BCUT2D eigenvalue weighted by atomic mass is 9.90. The largest absolute Gasteiger partial charge is 0.493 e. The van der Waals surface area contributed by atoms with E-state index in [4.69, 9.17) is 19.2 Å². The number of aromatic nitrogens is 1. The molecule has 6 heteroatoms. The summed E-state index contributed by atoms with van der Waals surface area (Å²) in [4.78, 5) is 17.7. The molecule has 0 amide bonds. The van der Waals surface area contributed by atoms with Gasteiger partial charge in [-0.2, -0.15) is 0 Å². The molecule has 1 N–H and O–H groups in total. The highest BCUT2D eigenvalue weighted by Gasteiger charge is 2.25. The fourth-order valence-electron chi connectivity index (χ4n) is 4.02. The van der Waals surface area contributed by atoms with Crippen molar-refractivity contribution >= 4 is 28.1 Å². The van der Waals surface area contributed by atoms with Crippen LogP contribution in [0.2, 0.25) is 0 Å². The molecule has 0 bridgehead atoms. The number of benzene rings is 2. The van der Waals surface area contributed by atoms with Gasteiger partial charge in [0.1, 0.15) is 0 Å². The number of nitrogens with zero attached hydrogens (tertiary/aromatic N) is 1. The first-order chi connectivity index (χ1) is 14.5. The van der Waals surface area contributed by atoms with Gasteiger partial charge < -0.3 is 19.5 Å². The normalized spacial score (nSPS) is 13.2. The number of hydrogen-bond donors (Lipinski definition) is 1. The van der Waals surface area contributed by atoms with Gasteiger partial charge in [0.05, 0.1) is 43.8 Å². The molecule has 1 aliphatic rings. The minimum Gasteiger partial charge on any atom is -0.493 e. The molecule has 1 aromatic heterocycles. The lowest BCUT2D eigenvalue weighted by Gasteiger charge is -2.22. The van der Waals surface area contributed by atoms with E-state index >= 15 is 0 Å². The van der Waals surface area contributed by atoms with Gasteiger partial charge in [0.25, 0.3) is 0 Å². The first-order valence-corrected chi connectivity index (χ1v) is 10.0. The van der Waals surface area contributed by atoms with Crippen LogP contribution in [0, 0.1) is 13.8 Å². The molecule has 0 fully saturated rings. The van der Waals surface area contributed by atoms with E-state index in [0.29, 0.717) is 29.2 Å². The molecule has 0 radical (unpaired) electrons. The van der Waals surface area contributed by atoms with Crippen molar-refractivity contribution in [1.29, 1.82) is 0 Å². The molecule has 0 saturated carbocycles. The number of carbonyl (C=O) groups excluding carboxylic acids is 1. The molecule has 0 unspecified atom stereocenters. The summed E-state index contributed by atoms with van der Waals surface area (Å²) in [6.07, 6.45) is 2.17. The summed E-state index contributed by atoms with van der Waals surface area (Å²) in [6, 6.07) is 7.87. The molecule has 4 rings (SSSR count). The molecule has 1 aliphatic carbocycles. The summed E-state index contributed by atoms with van der Waals surface area (Å²) in [5, 5.41) is 4.41. The number of ketones is 1.